The molecule has 1 unspecified atom stereocenters. The molecular weight excluding hydrogens is 256 g/mol. The summed E-state index contributed by atoms with van der Waals surface area (Å²) >= 11 is 0. The Morgan fingerprint density at radius 2 is 2.19 bits per heavy atom. The molecule has 2 nitrogen and oxygen atoms in total. The van der Waals surface area contributed by atoms with Gasteiger partial charge < -0.3 is 4.98 Å². The molecule has 3 atom stereocenters. The lowest BCUT2D eigenvalue weighted by Gasteiger charge is -2.47. The normalized spacial score (nSPS) is 28.8. The average Bonchev–Trinajstić information content (AvgIpc) is 2.93. The molecule has 1 aromatic heterocycles. The summed E-state index contributed by atoms with van der Waals surface area (Å²) in [5, 5.41) is 1.53. The molecule has 2 aliphatic rings. The fourth-order valence-corrected chi connectivity index (χ4v) is 4.74. The van der Waals surface area contributed by atoms with Crippen LogP contribution in [0.5, 0.6) is 0 Å². The number of aromatic nitrogens is 1. The Bertz CT molecular complexity index is 642. The molecule has 1 saturated heterocycles. The largest absolute Gasteiger partial charge is 0.361 e. The van der Waals surface area contributed by atoms with Gasteiger partial charge in [-0.1, -0.05) is 32.4 Å². The van der Waals surface area contributed by atoms with Gasteiger partial charge in [0.05, 0.1) is 0 Å². The lowest BCUT2D eigenvalue weighted by atomic mass is 9.72. The van der Waals surface area contributed by atoms with Gasteiger partial charge in [0.2, 0.25) is 0 Å². The highest BCUT2D eigenvalue weighted by Crippen LogP contribution is 2.45. The van der Waals surface area contributed by atoms with Crippen molar-refractivity contribution in [3.63, 3.8) is 0 Å². The molecule has 112 valence electrons. The number of likely N-dealkylation sites (tertiary alicyclic amines) is 1. The van der Waals surface area contributed by atoms with Crippen LogP contribution in [0.2, 0.25) is 0 Å². The number of benzene rings is 1. The summed E-state index contributed by atoms with van der Waals surface area (Å²) in [5.74, 6) is 1.61. The Kier molecular flexibility index (Phi) is 3.30. The molecule has 0 saturated carbocycles. The van der Waals surface area contributed by atoms with Gasteiger partial charge in [0.1, 0.15) is 0 Å². The molecule has 0 radical (unpaired) electrons. The van der Waals surface area contributed by atoms with Crippen molar-refractivity contribution in [3.8, 4) is 0 Å². The van der Waals surface area contributed by atoms with Crippen LogP contribution in [0, 0.1) is 5.92 Å². The SMILES string of the molecule is CCCN1C[C@H](CC)CC2c3cccc4[nH]cc(c34)C[C@H]21. The molecule has 1 N–H and O–H groups in total. The maximum atomic E-state index is 3.48. The van der Waals surface area contributed by atoms with Gasteiger partial charge in [-0.3, -0.25) is 4.90 Å². The van der Waals surface area contributed by atoms with Gasteiger partial charge in [0.15, 0.2) is 0 Å². The fraction of sp³-hybridized carbons (Fsp3) is 0.579. The Morgan fingerprint density at radius 1 is 1.29 bits per heavy atom. The summed E-state index contributed by atoms with van der Waals surface area (Å²) in [7, 11) is 0. The number of hydrogen-bond acceptors (Lipinski definition) is 1. The molecule has 0 bridgehead atoms. The van der Waals surface area contributed by atoms with Crippen LogP contribution >= 0.6 is 0 Å². The minimum atomic E-state index is 0.724. The van der Waals surface area contributed by atoms with E-state index in [1.165, 1.54) is 55.2 Å². The number of H-pyrrole nitrogens is 1. The van der Waals surface area contributed by atoms with E-state index in [1.807, 2.05) is 0 Å². The first-order valence-corrected chi connectivity index (χ1v) is 8.64. The van der Waals surface area contributed by atoms with E-state index in [0.29, 0.717) is 0 Å². The van der Waals surface area contributed by atoms with Crippen LogP contribution in [-0.4, -0.2) is 29.0 Å². The van der Waals surface area contributed by atoms with E-state index >= 15 is 0 Å². The minimum absolute atomic E-state index is 0.724. The molecule has 1 fully saturated rings. The second-order valence-corrected chi connectivity index (χ2v) is 6.97. The van der Waals surface area contributed by atoms with Crippen molar-refractivity contribution >= 4 is 10.9 Å². The van der Waals surface area contributed by atoms with Gasteiger partial charge >= 0.3 is 0 Å². The number of fused-ring (bicyclic) bond motifs is 2. The Morgan fingerprint density at radius 3 is 3.00 bits per heavy atom. The van der Waals surface area contributed by atoms with E-state index in [9.17, 15) is 0 Å². The predicted molar refractivity (Wildman–Crippen MR) is 88.8 cm³/mol. The summed E-state index contributed by atoms with van der Waals surface area (Å²) in [4.78, 5) is 6.27. The highest BCUT2D eigenvalue weighted by molar-refractivity contribution is 5.88. The third-order valence-corrected chi connectivity index (χ3v) is 5.75. The van der Waals surface area contributed by atoms with Crippen molar-refractivity contribution in [3.05, 3.63) is 35.5 Å². The first-order chi connectivity index (χ1) is 10.3. The first-order valence-electron chi connectivity index (χ1n) is 8.64. The van der Waals surface area contributed by atoms with E-state index < -0.39 is 0 Å². The zero-order chi connectivity index (χ0) is 14.4. The Labute approximate surface area is 127 Å². The highest BCUT2D eigenvalue weighted by Gasteiger charge is 2.39. The fourth-order valence-electron chi connectivity index (χ4n) is 4.74. The molecule has 2 aromatic rings. The Balaban J connectivity index is 1.79. The van der Waals surface area contributed by atoms with Crippen LogP contribution in [-0.2, 0) is 6.42 Å². The third kappa shape index (κ3) is 2.03. The van der Waals surface area contributed by atoms with Crippen LogP contribution in [0.25, 0.3) is 10.9 Å². The summed E-state index contributed by atoms with van der Waals surface area (Å²) in [5.41, 5.74) is 4.48. The number of nitrogens with one attached hydrogen (secondary N) is 1. The Hall–Kier alpha value is -1.28. The smallest absolute Gasteiger partial charge is 0.0459 e. The lowest BCUT2D eigenvalue weighted by Crippen LogP contribution is -2.50. The molecule has 1 aromatic carbocycles. The van der Waals surface area contributed by atoms with E-state index in [-0.39, 0.29) is 0 Å². The number of nitrogens with zero attached hydrogens (tertiary/aromatic N) is 1. The summed E-state index contributed by atoms with van der Waals surface area (Å²) in [6, 6.07) is 7.58. The van der Waals surface area contributed by atoms with E-state index in [1.54, 1.807) is 5.56 Å². The van der Waals surface area contributed by atoms with Crippen molar-refractivity contribution in [1.82, 2.24) is 9.88 Å². The van der Waals surface area contributed by atoms with E-state index in [2.05, 4.69) is 48.1 Å². The van der Waals surface area contributed by atoms with Gasteiger partial charge in [-0.2, -0.15) is 0 Å². The molecule has 1 aliphatic carbocycles. The molecule has 0 spiro atoms. The van der Waals surface area contributed by atoms with E-state index in [0.717, 1.165) is 17.9 Å². The molecule has 21 heavy (non-hydrogen) atoms. The topological polar surface area (TPSA) is 19.0 Å². The average molecular weight is 282 g/mol. The molecular formula is C19H26N2. The second-order valence-electron chi connectivity index (χ2n) is 6.97. The minimum Gasteiger partial charge on any atom is -0.361 e. The second kappa shape index (κ2) is 5.17. The van der Waals surface area contributed by atoms with Crippen molar-refractivity contribution in [2.75, 3.05) is 13.1 Å². The van der Waals surface area contributed by atoms with Gasteiger partial charge in [-0.05, 0) is 48.9 Å². The van der Waals surface area contributed by atoms with Crippen LogP contribution in [0.15, 0.2) is 24.4 Å². The van der Waals surface area contributed by atoms with Gasteiger partial charge in [-0.25, -0.2) is 0 Å². The predicted octanol–water partition coefficient (Wildman–Crippen LogP) is 4.32. The van der Waals surface area contributed by atoms with Gasteiger partial charge in [0, 0.05) is 35.6 Å². The third-order valence-electron chi connectivity index (χ3n) is 5.75. The number of rotatable bonds is 3. The monoisotopic (exact) mass is 282 g/mol. The molecule has 2 heteroatoms. The van der Waals surface area contributed by atoms with Crippen molar-refractivity contribution < 1.29 is 0 Å². The highest BCUT2D eigenvalue weighted by atomic mass is 15.2. The van der Waals surface area contributed by atoms with Crippen molar-refractivity contribution in [2.24, 2.45) is 5.92 Å². The van der Waals surface area contributed by atoms with Crippen LogP contribution < -0.4 is 0 Å². The van der Waals surface area contributed by atoms with Crippen molar-refractivity contribution in [2.45, 2.75) is 51.5 Å². The number of aromatic amines is 1. The molecule has 0 amide bonds. The number of hydrogen-bond donors (Lipinski definition) is 1. The summed E-state index contributed by atoms with van der Waals surface area (Å²) in [6.07, 6.45) is 7.45. The van der Waals surface area contributed by atoms with Crippen LogP contribution in [0.4, 0.5) is 0 Å². The summed E-state index contributed by atoms with van der Waals surface area (Å²) in [6.45, 7) is 7.24. The molecule has 1 aliphatic heterocycles. The lowest BCUT2D eigenvalue weighted by molar-refractivity contribution is 0.0831. The van der Waals surface area contributed by atoms with Crippen LogP contribution in [0.3, 0.4) is 0 Å². The van der Waals surface area contributed by atoms with Gasteiger partial charge in [0.25, 0.3) is 0 Å². The zero-order valence-corrected chi connectivity index (χ0v) is 13.2. The standard InChI is InChI=1S/C19H26N2/c1-3-8-21-12-13(4-2)9-16-15-6-5-7-17-19(15)14(11-20-17)10-18(16)21/h5-7,11,13,16,18,20H,3-4,8-10,12H2,1-2H3/t13-,16?,18-/m1/s1. The first kappa shape index (κ1) is 13.4. The van der Waals surface area contributed by atoms with Crippen LogP contribution in [0.1, 0.15) is 50.2 Å². The zero-order valence-electron chi connectivity index (χ0n) is 13.2. The molecule has 4 rings (SSSR count). The van der Waals surface area contributed by atoms with Crippen molar-refractivity contribution in [1.29, 1.82) is 0 Å². The maximum Gasteiger partial charge on any atom is 0.0459 e. The maximum absolute atomic E-state index is 3.48. The molecule has 2 heterocycles. The van der Waals surface area contributed by atoms with E-state index in [4.69, 9.17) is 0 Å². The number of piperidine rings is 1. The summed E-state index contributed by atoms with van der Waals surface area (Å²) < 4.78 is 0. The van der Waals surface area contributed by atoms with Gasteiger partial charge in [-0.15, -0.1) is 0 Å². The quantitative estimate of drug-likeness (QED) is 0.888.